The van der Waals surface area contributed by atoms with Gasteiger partial charge in [-0.25, -0.2) is 9.78 Å². The Balaban J connectivity index is 1.37. The van der Waals surface area contributed by atoms with Gasteiger partial charge in [0.2, 0.25) is 0 Å². The first-order chi connectivity index (χ1) is 15.4. The Morgan fingerprint density at radius 1 is 1.22 bits per heavy atom. The molecule has 0 spiro atoms. The number of nitrogen functional groups attached to an aromatic ring is 1. The van der Waals surface area contributed by atoms with Crippen molar-refractivity contribution in [2.45, 2.75) is 12.5 Å². The summed E-state index contributed by atoms with van der Waals surface area (Å²) < 4.78 is 1.67. The molecule has 0 unspecified atom stereocenters. The van der Waals surface area contributed by atoms with Crippen LogP contribution in [0.1, 0.15) is 22.3 Å². The number of carbonyl (C=O) groups excluding carboxylic acids is 2. The topological polar surface area (TPSA) is 142 Å². The molecule has 1 aliphatic heterocycles. The van der Waals surface area contributed by atoms with Crippen molar-refractivity contribution >= 4 is 23.4 Å². The highest BCUT2D eigenvalue weighted by molar-refractivity contribution is 5.99. The highest BCUT2D eigenvalue weighted by Gasteiger charge is 2.28. The second-order valence-corrected chi connectivity index (χ2v) is 7.58. The molecule has 10 nitrogen and oxygen atoms in total. The molecule has 1 fully saturated rings. The number of likely N-dealkylation sites (tertiary alicyclic amines) is 1. The molecular formula is C22H22N8O2. The summed E-state index contributed by atoms with van der Waals surface area (Å²) in [5.74, 6) is -0.191. The summed E-state index contributed by atoms with van der Waals surface area (Å²) in [5.41, 5.74) is 8.93. The molecule has 1 aromatic carbocycles. The van der Waals surface area contributed by atoms with E-state index >= 15 is 0 Å². The number of amides is 3. The number of rotatable bonds is 4. The summed E-state index contributed by atoms with van der Waals surface area (Å²) in [6.07, 6.45) is 5.75. The molecule has 0 radical (unpaired) electrons. The van der Waals surface area contributed by atoms with Crippen LogP contribution in [-0.2, 0) is 7.05 Å². The van der Waals surface area contributed by atoms with Gasteiger partial charge in [-0.1, -0.05) is 0 Å². The molecule has 0 aliphatic carbocycles. The molecule has 3 aromatic rings. The lowest BCUT2D eigenvalue weighted by Crippen LogP contribution is -2.40. The number of carbonyl (C=O) groups is 2. The molecule has 4 rings (SSSR count). The Morgan fingerprint density at radius 2 is 2.00 bits per heavy atom. The van der Waals surface area contributed by atoms with Gasteiger partial charge in [0.15, 0.2) is 0 Å². The molecule has 2 aromatic heterocycles. The molecule has 0 saturated carbocycles. The number of benzene rings is 1. The predicted octanol–water partition coefficient (Wildman–Crippen LogP) is 1.97. The summed E-state index contributed by atoms with van der Waals surface area (Å²) in [6.45, 7) is 0.889. The number of nitrogens with one attached hydrogen (secondary N) is 2. The standard InChI is InChI=1S/C22H22N8O2/c1-29-12-16(11-26-29)15-8-19(20(24)25-10-15)21(31)27-18-6-7-30(13-18)22(32)28-17-4-2-14(9-23)3-5-17/h2-5,8,10-12,18H,6-7,13H2,1H3,(H2,24,25)(H,27,31)(H,28,32)/t18-/m1/s1. The summed E-state index contributed by atoms with van der Waals surface area (Å²) >= 11 is 0. The number of aryl methyl sites for hydroxylation is 1. The van der Waals surface area contributed by atoms with Crippen LogP contribution in [0.2, 0.25) is 0 Å². The van der Waals surface area contributed by atoms with Crippen LogP contribution >= 0.6 is 0 Å². The minimum atomic E-state index is -0.333. The molecule has 0 bridgehead atoms. The van der Waals surface area contributed by atoms with Crippen molar-refractivity contribution in [3.05, 3.63) is 60.0 Å². The van der Waals surface area contributed by atoms with E-state index in [2.05, 4.69) is 20.7 Å². The monoisotopic (exact) mass is 430 g/mol. The van der Waals surface area contributed by atoms with Gasteiger partial charge in [-0.05, 0) is 36.8 Å². The van der Waals surface area contributed by atoms with E-state index in [4.69, 9.17) is 11.0 Å². The number of hydrogen-bond donors (Lipinski definition) is 3. The van der Waals surface area contributed by atoms with E-state index in [-0.39, 0.29) is 29.4 Å². The SMILES string of the molecule is Cn1cc(-c2cnc(N)c(C(=O)N[C@@H]3CCN(C(=O)Nc4ccc(C#N)cc4)C3)c2)cn1. The zero-order valence-corrected chi connectivity index (χ0v) is 17.4. The van der Waals surface area contributed by atoms with Gasteiger partial charge in [0.25, 0.3) is 5.91 Å². The van der Waals surface area contributed by atoms with E-state index in [9.17, 15) is 9.59 Å². The van der Waals surface area contributed by atoms with Gasteiger partial charge < -0.3 is 21.3 Å². The first kappa shape index (κ1) is 20.9. The second kappa shape index (κ2) is 8.77. The minimum Gasteiger partial charge on any atom is -0.383 e. The minimum absolute atomic E-state index is 0.142. The van der Waals surface area contributed by atoms with Crippen LogP contribution in [0.15, 0.2) is 48.9 Å². The van der Waals surface area contributed by atoms with Crippen molar-refractivity contribution in [3.63, 3.8) is 0 Å². The Labute approximate surface area is 184 Å². The number of pyridine rings is 1. The van der Waals surface area contributed by atoms with Crippen molar-refractivity contribution < 1.29 is 9.59 Å². The smallest absolute Gasteiger partial charge is 0.321 e. The third-order valence-electron chi connectivity index (χ3n) is 5.28. The third-order valence-corrected chi connectivity index (χ3v) is 5.28. The summed E-state index contributed by atoms with van der Waals surface area (Å²) in [5, 5.41) is 18.7. The average Bonchev–Trinajstić information content (AvgIpc) is 3.44. The fourth-order valence-corrected chi connectivity index (χ4v) is 3.54. The van der Waals surface area contributed by atoms with Crippen molar-refractivity contribution in [1.29, 1.82) is 5.26 Å². The van der Waals surface area contributed by atoms with E-state index < -0.39 is 0 Å². The van der Waals surface area contributed by atoms with Crippen molar-refractivity contribution in [2.75, 3.05) is 24.1 Å². The lowest BCUT2D eigenvalue weighted by atomic mass is 10.1. The van der Waals surface area contributed by atoms with Crippen LogP contribution in [0.3, 0.4) is 0 Å². The zero-order valence-electron chi connectivity index (χ0n) is 17.4. The van der Waals surface area contributed by atoms with Crippen LogP contribution < -0.4 is 16.4 Å². The van der Waals surface area contributed by atoms with E-state index in [0.29, 0.717) is 30.8 Å². The normalized spacial score (nSPS) is 15.2. The lowest BCUT2D eigenvalue weighted by Gasteiger charge is -2.18. The maximum absolute atomic E-state index is 12.8. The molecule has 3 heterocycles. The van der Waals surface area contributed by atoms with Crippen molar-refractivity contribution in [3.8, 4) is 17.2 Å². The average molecular weight is 430 g/mol. The zero-order chi connectivity index (χ0) is 22.7. The van der Waals surface area contributed by atoms with Crippen LogP contribution in [0.5, 0.6) is 0 Å². The van der Waals surface area contributed by atoms with Crippen LogP contribution in [0.4, 0.5) is 16.3 Å². The van der Waals surface area contributed by atoms with E-state index in [1.807, 2.05) is 19.3 Å². The molecule has 1 saturated heterocycles. The number of urea groups is 1. The van der Waals surface area contributed by atoms with Gasteiger partial charge >= 0.3 is 6.03 Å². The number of nitrogens with two attached hydrogens (primary N) is 1. The fourth-order valence-electron chi connectivity index (χ4n) is 3.54. The molecule has 1 atom stereocenters. The molecule has 162 valence electrons. The molecule has 4 N–H and O–H groups in total. The highest BCUT2D eigenvalue weighted by atomic mass is 16.2. The van der Waals surface area contributed by atoms with Crippen LogP contribution in [0, 0.1) is 11.3 Å². The Hall–Kier alpha value is -4.39. The summed E-state index contributed by atoms with van der Waals surface area (Å²) in [7, 11) is 1.81. The third kappa shape index (κ3) is 4.52. The van der Waals surface area contributed by atoms with Gasteiger partial charge in [0, 0.05) is 55.4 Å². The molecule has 1 aliphatic rings. The van der Waals surface area contributed by atoms with Crippen LogP contribution in [0.25, 0.3) is 11.1 Å². The number of nitrogens with zero attached hydrogens (tertiary/aromatic N) is 5. The quantitative estimate of drug-likeness (QED) is 0.578. The second-order valence-electron chi connectivity index (χ2n) is 7.58. The molecular weight excluding hydrogens is 408 g/mol. The Bertz CT molecular complexity index is 1200. The number of aromatic nitrogens is 3. The fraction of sp³-hybridized carbons (Fsp3) is 0.227. The molecule has 32 heavy (non-hydrogen) atoms. The largest absolute Gasteiger partial charge is 0.383 e. The highest BCUT2D eigenvalue weighted by Crippen LogP contribution is 2.22. The lowest BCUT2D eigenvalue weighted by molar-refractivity contribution is 0.0938. The van der Waals surface area contributed by atoms with Crippen molar-refractivity contribution in [1.82, 2.24) is 25.0 Å². The first-order valence-electron chi connectivity index (χ1n) is 10.0. The van der Waals surface area contributed by atoms with Crippen molar-refractivity contribution in [2.24, 2.45) is 7.05 Å². The molecule has 10 heteroatoms. The molecule has 3 amide bonds. The van der Waals surface area contributed by atoms with Gasteiger partial charge in [0.1, 0.15) is 5.82 Å². The van der Waals surface area contributed by atoms with Gasteiger partial charge in [0.05, 0.1) is 23.4 Å². The van der Waals surface area contributed by atoms with E-state index in [0.717, 1.165) is 11.1 Å². The maximum Gasteiger partial charge on any atom is 0.321 e. The number of anilines is 2. The van der Waals surface area contributed by atoms with Gasteiger partial charge in [-0.15, -0.1) is 0 Å². The van der Waals surface area contributed by atoms with Crippen LogP contribution in [-0.4, -0.2) is 50.7 Å². The predicted molar refractivity (Wildman–Crippen MR) is 118 cm³/mol. The van der Waals surface area contributed by atoms with Gasteiger partial charge in [-0.2, -0.15) is 10.4 Å². The summed E-state index contributed by atoms with van der Waals surface area (Å²) in [4.78, 5) is 31.2. The Morgan fingerprint density at radius 3 is 2.69 bits per heavy atom. The number of nitriles is 1. The number of hydrogen-bond acceptors (Lipinski definition) is 6. The van der Waals surface area contributed by atoms with Gasteiger partial charge in [-0.3, -0.25) is 9.48 Å². The first-order valence-corrected chi connectivity index (χ1v) is 10.0. The van der Waals surface area contributed by atoms with E-state index in [1.54, 1.807) is 52.3 Å². The van der Waals surface area contributed by atoms with E-state index in [1.165, 1.54) is 0 Å². The Kier molecular flexibility index (Phi) is 5.72. The maximum atomic E-state index is 12.8. The summed E-state index contributed by atoms with van der Waals surface area (Å²) in [6, 6.07) is 9.91.